The zero-order chi connectivity index (χ0) is 23.4. The Morgan fingerprint density at radius 2 is 1.97 bits per heavy atom. The maximum atomic E-state index is 14.6. The third-order valence-corrected chi connectivity index (χ3v) is 7.39. The number of fused-ring (bicyclic) bond motifs is 4. The highest BCUT2D eigenvalue weighted by atomic mass is 32.2. The van der Waals surface area contributed by atoms with Crippen LogP contribution in [0.25, 0.3) is 11.0 Å². The molecule has 1 aliphatic heterocycles. The van der Waals surface area contributed by atoms with Gasteiger partial charge in [0.2, 0.25) is 16.0 Å². The van der Waals surface area contributed by atoms with Gasteiger partial charge in [0.1, 0.15) is 17.3 Å². The Morgan fingerprint density at radius 3 is 2.64 bits per heavy atom. The van der Waals surface area contributed by atoms with E-state index in [9.17, 15) is 12.8 Å². The summed E-state index contributed by atoms with van der Waals surface area (Å²) in [7, 11) is -4.00. The van der Waals surface area contributed by atoms with Crippen molar-refractivity contribution in [3.8, 4) is 0 Å². The highest BCUT2D eigenvalue weighted by molar-refractivity contribution is 7.89. The summed E-state index contributed by atoms with van der Waals surface area (Å²) in [6.07, 6.45) is 7.09. The van der Waals surface area contributed by atoms with Crippen molar-refractivity contribution in [1.29, 1.82) is 0 Å². The Balaban J connectivity index is 1.58. The zero-order valence-corrected chi connectivity index (χ0v) is 19.3. The molecular formula is C22H26FN7O2S. The first kappa shape index (κ1) is 21.8. The molecule has 1 saturated carbocycles. The molecule has 4 N–H and O–H groups in total. The molecule has 3 heterocycles. The molecule has 0 radical (unpaired) electrons. The van der Waals surface area contributed by atoms with Gasteiger partial charge >= 0.3 is 0 Å². The first-order valence-electron chi connectivity index (χ1n) is 11.0. The monoisotopic (exact) mass is 471 g/mol. The van der Waals surface area contributed by atoms with Gasteiger partial charge in [-0.15, -0.1) is 0 Å². The van der Waals surface area contributed by atoms with Gasteiger partial charge in [-0.05, 0) is 43.0 Å². The van der Waals surface area contributed by atoms with Crippen LogP contribution in [0.5, 0.6) is 0 Å². The number of aromatic nitrogens is 3. The fraction of sp³-hybridized carbons (Fsp3) is 0.409. The number of halogens is 1. The molecule has 11 heteroatoms. The third-order valence-electron chi connectivity index (χ3n) is 6.48. The second-order valence-electron chi connectivity index (χ2n) is 9.01. The number of primary sulfonamides is 1. The van der Waals surface area contributed by atoms with Gasteiger partial charge in [-0.2, -0.15) is 10.1 Å². The lowest BCUT2D eigenvalue weighted by molar-refractivity contribution is 0.278. The molecule has 0 amide bonds. The Hall–Kier alpha value is -3.05. The summed E-state index contributed by atoms with van der Waals surface area (Å²) in [5, 5.41) is 13.6. The summed E-state index contributed by atoms with van der Waals surface area (Å²) in [5.41, 5.74) is 4.86. The predicted octanol–water partition coefficient (Wildman–Crippen LogP) is 4.06. The number of rotatable bonds is 4. The minimum Gasteiger partial charge on any atom is -0.322 e. The van der Waals surface area contributed by atoms with Crippen molar-refractivity contribution < 1.29 is 12.8 Å². The lowest BCUT2D eigenvalue weighted by atomic mass is 9.74. The molecule has 0 saturated heterocycles. The maximum Gasteiger partial charge on any atom is 0.238 e. The Kier molecular flexibility index (Phi) is 5.13. The molecule has 5 rings (SSSR count). The van der Waals surface area contributed by atoms with Gasteiger partial charge < -0.3 is 5.32 Å². The van der Waals surface area contributed by atoms with Crippen LogP contribution in [-0.2, 0) is 15.6 Å². The second-order valence-corrected chi connectivity index (χ2v) is 10.6. The normalized spacial score (nSPS) is 17.7. The fourth-order valence-electron chi connectivity index (χ4n) is 5.08. The van der Waals surface area contributed by atoms with Crippen LogP contribution in [0.15, 0.2) is 40.5 Å². The van der Waals surface area contributed by atoms with E-state index in [4.69, 9.17) is 15.2 Å². The molecule has 3 aromatic rings. The molecule has 1 aromatic carbocycles. The van der Waals surface area contributed by atoms with Crippen LogP contribution in [-0.4, -0.2) is 28.7 Å². The Labute approximate surface area is 191 Å². The minimum atomic E-state index is -4.00. The van der Waals surface area contributed by atoms with E-state index < -0.39 is 15.8 Å². The average molecular weight is 472 g/mol. The largest absolute Gasteiger partial charge is 0.322 e. The number of sulfonamides is 1. The second kappa shape index (κ2) is 7.77. The smallest absolute Gasteiger partial charge is 0.238 e. The van der Waals surface area contributed by atoms with E-state index >= 15 is 0 Å². The van der Waals surface area contributed by atoms with E-state index in [0.29, 0.717) is 0 Å². The molecular weight excluding hydrogens is 445 g/mol. The summed E-state index contributed by atoms with van der Waals surface area (Å²) in [4.78, 5) is 8.77. The van der Waals surface area contributed by atoms with Crippen molar-refractivity contribution in [3.63, 3.8) is 0 Å². The van der Waals surface area contributed by atoms with E-state index in [2.05, 4.69) is 34.1 Å². The number of hydrogen-bond acceptors (Lipinski definition) is 7. The van der Waals surface area contributed by atoms with Crippen molar-refractivity contribution in [2.45, 2.75) is 56.4 Å². The van der Waals surface area contributed by atoms with Crippen molar-refractivity contribution >= 4 is 44.2 Å². The van der Waals surface area contributed by atoms with Gasteiger partial charge in [0.15, 0.2) is 0 Å². The van der Waals surface area contributed by atoms with Crippen LogP contribution in [0.4, 0.5) is 21.8 Å². The van der Waals surface area contributed by atoms with Gasteiger partial charge in [0.25, 0.3) is 0 Å². The number of hydrazone groups is 1. The summed E-state index contributed by atoms with van der Waals surface area (Å²) in [6.45, 7) is 4.31. The third kappa shape index (κ3) is 3.65. The minimum absolute atomic E-state index is 0.0575. The highest BCUT2D eigenvalue weighted by Gasteiger charge is 2.44. The summed E-state index contributed by atoms with van der Waals surface area (Å²) >= 11 is 0. The molecule has 0 unspecified atom stereocenters. The van der Waals surface area contributed by atoms with Crippen molar-refractivity contribution in [1.82, 2.24) is 14.5 Å². The number of nitrogens with zero attached hydrogens (tertiary/aromatic N) is 4. The molecule has 2 aromatic heterocycles. The SMILES string of the molecule is CC(C)C1=NNc2cc3cnc(Nc4ccc(S(N)(=O)=O)cc4F)nc3n2C12CCCCC2. The van der Waals surface area contributed by atoms with E-state index in [1.165, 1.54) is 18.6 Å². The number of anilines is 3. The first-order valence-corrected chi connectivity index (χ1v) is 12.6. The molecule has 2 aliphatic rings. The van der Waals surface area contributed by atoms with Crippen molar-refractivity contribution in [2.24, 2.45) is 16.2 Å². The molecule has 0 atom stereocenters. The summed E-state index contributed by atoms with van der Waals surface area (Å²) < 4.78 is 39.7. The summed E-state index contributed by atoms with van der Waals surface area (Å²) in [5.74, 6) is 0.589. The van der Waals surface area contributed by atoms with Crippen molar-refractivity contribution in [2.75, 3.05) is 10.7 Å². The number of benzene rings is 1. The zero-order valence-electron chi connectivity index (χ0n) is 18.5. The van der Waals surface area contributed by atoms with Crippen LogP contribution in [0.2, 0.25) is 0 Å². The van der Waals surface area contributed by atoms with Gasteiger partial charge in [0, 0.05) is 11.6 Å². The first-order chi connectivity index (χ1) is 15.7. The quantitative estimate of drug-likeness (QED) is 0.527. The topological polar surface area (TPSA) is 127 Å². The van der Waals surface area contributed by atoms with Gasteiger partial charge in [-0.3, -0.25) is 9.99 Å². The molecule has 1 fully saturated rings. The van der Waals surface area contributed by atoms with Gasteiger partial charge in [0.05, 0.1) is 21.8 Å². The molecule has 33 heavy (non-hydrogen) atoms. The molecule has 174 valence electrons. The van der Waals surface area contributed by atoms with Crippen LogP contribution >= 0.6 is 0 Å². The van der Waals surface area contributed by atoms with Gasteiger partial charge in [-0.1, -0.05) is 33.1 Å². The fourth-order valence-corrected chi connectivity index (χ4v) is 5.60. The average Bonchev–Trinajstić information content (AvgIpc) is 3.14. The molecule has 9 nitrogen and oxygen atoms in total. The lowest BCUT2D eigenvalue weighted by Gasteiger charge is -2.44. The van der Waals surface area contributed by atoms with Gasteiger partial charge in [-0.25, -0.2) is 22.9 Å². The highest BCUT2D eigenvalue weighted by Crippen LogP contribution is 2.45. The van der Waals surface area contributed by atoms with Crippen LogP contribution in [0.1, 0.15) is 46.0 Å². The van der Waals surface area contributed by atoms with Crippen LogP contribution in [0, 0.1) is 11.7 Å². The maximum absolute atomic E-state index is 14.6. The Bertz CT molecular complexity index is 1370. The Morgan fingerprint density at radius 1 is 1.21 bits per heavy atom. The van der Waals surface area contributed by atoms with Crippen LogP contribution < -0.4 is 15.9 Å². The van der Waals surface area contributed by atoms with Crippen LogP contribution in [0.3, 0.4) is 0 Å². The van der Waals surface area contributed by atoms with Crippen molar-refractivity contribution in [3.05, 3.63) is 36.3 Å². The summed E-state index contributed by atoms with van der Waals surface area (Å²) in [6, 6.07) is 5.41. The molecule has 1 aliphatic carbocycles. The molecule has 1 spiro atoms. The number of hydrogen-bond donors (Lipinski definition) is 3. The van der Waals surface area contributed by atoms with E-state index in [1.54, 1.807) is 6.20 Å². The predicted molar refractivity (Wildman–Crippen MR) is 126 cm³/mol. The number of nitrogens with two attached hydrogens (primary N) is 1. The molecule has 0 bridgehead atoms. The lowest BCUT2D eigenvalue weighted by Crippen LogP contribution is -2.48. The van der Waals surface area contributed by atoms with E-state index in [0.717, 1.165) is 54.3 Å². The number of nitrogens with one attached hydrogen (secondary N) is 2. The van der Waals surface area contributed by atoms with E-state index in [-0.39, 0.29) is 28.0 Å². The van der Waals surface area contributed by atoms with E-state index in [1.807, 2.05) is 6.07 Å². The standard InChI is InChI=1S/C22H26FN7O2S/c1-13(2)19-22(8-4-3-5-9-22)30-18(28-29-19)10-14-12-25-21(27-20(14)30)26-17-7-6-15(11-16(17)23)33(24,31)32/h6-7,10-13,28H,3-5,8-9H2,1-2H3,(H2,24,31,32)(H,25,26,27).